The molecule has 0 fully saturated rings. The Morgan fingerprint density at radius 3 is 2.50 bits per heavy atom. The third-order valence-corrected chi connectivity index (χ3v) is 4.07. The Kier molecular flexibility index (Phi) is 6.70. The summed E-state index contributed by atoms with van der Waals surface area (Å²) in [4.78, 5) is 25.2. The van der Waals surface area contributed by atoms with E-state index in [1.165, 1.54) is 7.11 Å². The van der Waals surface area contributed by atoms with Gasteiger partial charge >= 0.3 is 0 Å². The fourth-order valence-electron chi connectivity index (χ4n) is 2.11. The van der Waals surface area contributed by atoms with Crippen molar-refractivity contribution in [2.75, 3.05) is 7.11 Å². The van der Waals surface area contributed by atoms with E-state index in [-0.39, 0.29) is 5.78 Å². The number of halogens is 2. The summed E-state index contributed by atoms with van der Waals surface area (Å²) in [5.74, 6) is 0.756. The van der Waals surface area contributed by atoms with Crippen LogP contribution in [0, 0.1) is 6.92 Å². The summed E-state index contributed by atoms with van der Waals surface area (Å²) < 4.78 is 0. The van der Waals surface area contributed by atoms with E-state index >= 15 is 0 Å². The molecule has 0 aliphatic heterocycles. The number of hydrogen-bond acceptors (Lipinski definition) is 5. The summed E-state index contributed by atoms with van der Waals surface area (Å²) >= 11 is 12.0. The predicted octanol–water partition coefficient (Wildman–Crippen LogP) is 4.03. The van der Waals surface area contributed by atoms with E-state index in [1.807, 2.05) is 0 Å². The van der Waals surface area contributed by atoms with Gasteiger partial charge in [-0.25, -0.2) is 9.97 Å². The van der Waals surface area contributed by atoms with Crippen LogP contribution in [0.2, 0.25) is 10.0 Å². The summed E-state index contributed by atoms with van der Waals surface area (Å²) in [6.45, 7) is 1.80. The number of carbonyl (C=O) groups is 1. The lowest BCUT2D eigenvalue weighted by Gasteiger charge is -2.07. The molecular weight excluding hydrogens is 349 g/mol. The Balaban J connectivity index is 2.00. The average Bonchev–Trinajstić information content (AvgIpc) is 2.56. The molecule has 1 aromatic heterocycles. The fourth-order valence-corrected chi connectivity index (χ4v) is 2.41. The van der Waals surface area contributed by atoms with Gasteiger partial charge in [-0.05, 0) is 24.6 Å². The molecule has 0 spiro atoms. The van der Waals surface area contributed by atoms with Gasteiger partial charge in [-0.2, -0.15) is 0 Å². The number of oxime groups is 1. The third kappa shape index (κ3) is 5.28. The lowest BCUT2D eigenvalue weighted by molar-refractivity contribution is -0.118. The van der Waals surface area contributed by atoms with Crippen molar-refractivity contribution in [3.63, 3.8) is 0 Å². The number of Topliss-reactive ketones (excluding diaryl/α,β-unsaturated/α-hetero) is 1. The van der Waals surface area contributed by atoms with Crippen molar-refractivity contribution in [3.05, 3.63) is 57.6 Å². The van der Waals surface area contributed by atoms with Crippen LogP contribution in [-0.2, 0) is 16.1 Å². The van der Waals surface area contributed by atoms with Crippen LogP contribution in [0.4, 0.5) is 0 Å². The van der Waals surface area contributed by atoms with Crippen molar-refractivity contribution in [3.8, 4) is 0 Å². The van der Waals surface area contributed by atoms with Crippen LogP contribution in [0.3, 0.4) is 0 Å². The number of hydrogen-bond donors (Lipinski definition) is 0. The van der Waals surface area contributed by atoms with Gasteiger partial charge in [0.2, 0.25) is 0 Å². The van der Waals surface area contributed by atoms with Crippen LogP contribution in [0.15, 0.2) is 35.7 Å². The Hall–Kier alpha value is -1.98. The maximum Gasteiger partial charge on any atom is 0.137 e. The Bertz CT molecular complexity index is 746. The van der Waals surface area contributed by atoms with Crippen LogP contribution in [0.1, 0.15) is 29.8 Å². The number of ketones is 1. The summed E-state index contributed by atoms with van der Waals surface area (Å²) in [6.07, 6.45) is 4.41. The van der Waals surface area contributed by atoms with E-state index in [0.29, 0.717) is 40.8 Å². The van der Waals surface area contributed by atoms with Crippen molar-refractivity contribution in [1.82, 2.24) is 9.97 Å². The summed E-state index contributed by atoms with van der Waals surface area (Å²) in [5.41, 5.74) is 2.22. The normalized spacial score (nSPS) is 11.4. The Morgan fingerprint density at radius 1 is 1.17 bits per heavy atom. The largest absolute Gasteiger partial charge is 0.399 e. The first kappa shape index (κ1) is 18.4. The van der Waals surface area contributed by atoms with Crippen LogP contribution < -0.4 is 0 Å². The monoisotopic (exact) mass is 365 g/mol. The Labute approximate surface area is 150 Å². The Morgan fingerprint density at radius 2 is 1.88 bits per heavy atom. The van der Waals surface area contributed by atoms with Gasteiger partial charge in [0.05, 0.1) is 15.8 Å². The highest BCUT2D eigenvalue weighted by Gasteiger charge is 2.11. The summed E-state index contributed by atoms with van der Waals surface area (Å²) in [6, 6.07) is 5.19. The summed E-state index contributed by atoms with van der Waals surface area (Å²) in [5, 5.41) is 4.89. The highest BCUT2D eigenvalue weighted by atomic mass is 35.5. The number of carbonyl (C=O) groups excluding carboxylic acids is 1. The van der Waals surface area contributed by atoms with Crippen molar-refractivity contribution >= 4 is 34.7 Å². The van der Waals surface area contributed by atoms with Gasteiger partial charge in [0.1, 0.15) is 18.7 Å². The molecule has 0 aliphatic carbocycles. The predicted molar refractivity (Wildman–Crippen MR) is 94.7 cm³/mol. The van der Waals surface area contributed by atoms with Crippen LogP contribution in [0.25, 0.3) is 0 Å². The smallest absolute Gasteiger partial charge is 0.137 e. The van der Waals surface area contributed by atoms with E-state index in [2.05, 4.69) is 15.1 Å². The number of nitrogens with zero attached hydrogens (tertiary/aromatic N) is 3. The van der Waals surface area contributed by atoms with E-state index in [1.54, 1.807) is 37.5 Å². The maximum atomic E-state index is 12.2. The lowest BCUT2D eigenvalue weighted by atomic mass is 10.0. The SMILES string of the molecule is CO/N=C(\CCC(=O)Cc1cnc(C)nc1)c1ccc(Cl)c(Cl)c1. The molecule has 0 radical (unpaired) electrons. The minimum atomic E-state index is 0.0753. The van der Waals surface area contributed by atoms with Crippen molar-refractivity contribution < 1.29 is 9.63 Å². The summed E-state index contributed by atoms with van der Waals surface area (Å²) in [7, 11) is 1.46. The first-order valence-electron chi connectivity index (χ1n) is 7.34. The number of aryl methyl sites for hydroxylation is 1. The zero-order valence-corrected chi connectivity index (χ0v) is 14.9. The molecule has 1 aromatic carbocycles. The second kappa shape index (κ2) is 8.76. The molecule has 0 unspecified atom stereocenters. The van der Waals surface area contributed by atoms with Crippen molar-refractivity contribution in [2.24, 2.45) is 5.16 Å². The zero-order valence-electron chi connectivity index (χ0n) is 13.4. The maximum absolute atomic E-state index is 12.2. The van der Waals surface area contributed by atoms with Gasteiger partial charge in [-0.15, -0.1) is 0 Å². The number of rotatable bonds is 7. The molecule has 24 heavy (non-hydrogen) atoms. The molecule has 0 atom stereocenters. The molecule has 1 heterocycles. The average molecular weight is 366 g/mol. The van der Waals surface area contributed by atoms with E-state index in [4.69, 9.17) is 28.0 Å². The van der Waals surface area contributed by atoms with Gasteiger partial charge < -0.3 is 4.84 Å². The number of aromatic nitrogens is 2. The minimum absolute atomic E-state index is 0.0753. The standard InChI is InChI=1S/C17H17Cl2N3O2/c1-11-20-9-12(10-21-11)7-14(23)4-6-17(22-24-2)13-3-5-15(18)16(19)8-13/h3,5,8-10H,4,6-7H2,1-2H3/b22-17+. The first-order chi connectivity index (χ1) is 11.5. The van der Waals surface area contributed by atoms with Crippen LogP contribution in [0.5, 0.6) is 0 Å². The molecule has 5 nitrogen and oxygen atoms in total. The molecule has 0 N–H and O–H groups in total. The quantitative estimate of drug-likeness (QED) is 0.548. The minimum Gasteiger partial charge on any atom is -0.399 e. The number of benzene rings is 1. The molecule has 0 bridgehead atoms. The van der Waals surface area contributed by atoms with Crippen LogP contribution >= 0.6 is 23.2 Å². The van der Waals surface area contributed by atoms with Gasteiger partial charge in [0.25, 0.3) is 0 Å². The highest BCUT2D eigenvalue weighted by Crippen LogP contribution is 2.23. The molecule has 0 aliphatic rings. The van der Waals surface area contributed by atoms with E-state index in [0.717, 1.165) is 11.1 Å². The van der Waals surface area contributed by atoms with Crippen LogP contribution in [-0.4, -0.2) is 28.6 Å². The topological polar surface area (TPSA) is 64.4 Å². The molecule has 0 saturated carbocycles. The van der Waals surface area contributed by atoms with Gasteiger partial charge in [0.15, 0.2) is 0 Å². The fraction of sp³-hybridized carbons (Fsp3) is 0.294. The second-order valence-corrected chi connectivity index (χ2v) is 6.02. The molecule has 2 rings (SSSR count). The van der Waals surface area contributed by atoms with E-state index < -0.39 is 0 Å². The first-order valence-corrected chi connectivity index (χ1v) is 8.10. The van der Waals surface area contributed by atoms with Crippen molar-refractivity contribution in [1.29, 1.82) is 0 Å². The van der Waals surface area contributed by atoms with Gasteiger partial charge in [0, 0.05) is 37.2 Å². The van der Waals surface area contributed by atoms with E-state index in [9.17, 15) is 4.79 Å². The lowest BCUT2D eigenvalue weighted by Crippen LogP contribution is -2.09. The second-order valence-electron chi connectivity index (χ2n) is 5.20. The molecule has 0 amide bonds. The van der Waals surface area contributed by atoms with Gasteiger partial charge in [-0.1, -0.05) is 34.4 Å². The molecular formula is C17H17Cl2N3O2. The highest BCUT2D eigenvalue weighted by molar-refractivity contribution is 6.42. The molecule has 0 saturated heterocycles. The molecule has 2 aromatic rings. The van der Waals surface area contributed by atoms with Gasteiger partial charge in [-0.3, -0.25) is 4.79 Å². The zero-order chi connectivity index (χ0) is 17.5. The van der Waals surface area contributed by atoms with Crippen molar-refractivity contribution in [2.45, 2.75) is 26.2 Å². The third-order valence-electron chi connectivity index (χ3n) is 3.33. The molecule has 126 valence electrons. The molecule has 7 heteroatoms.